The molecule has 0 amide bonds. The SMILES string of the molecule is CC(N)N[C@H]1C=CC=C(OCc2ccc(C(F)(F)F)cc2)C1=C(N)N. The Labute approximate surface area is 144 Å². The normalized spacial score (nSPS) is 18.7. The highest BCUT2D eigenvalue weighted by Crippen LogP contribution is 2.29. The second-order valence-corrected chi connectivity index (χ2v) is 5.70. The molecule has 0 radical (unpaired) electrons. The fraction of sp³-hybridized carbons (Fsp3) is 0.294. The molecule has 5 nitrogen and oxygen atoms in total. The monoisotopic (exact) mass is 354 g/mol. The molecule has 0 aliphatic heterocycles. The summed E-state index contributed by atoms with van der Waals surface area (Å²) >= 11 is 0. The summed E-state index contributed by atoms with van der Waals surface area (Å²) in [5.74, 6) is 0.529. The molecule has 1 unspecified atom stereocenters. The zero-order chi connectivity index (χ0) is 18.6. The summed E-state index contributed by atoms with van der Waals surface area (Å²) in [6.07, 6.45) is 0.645. The lowest BCUT2D eigenvalue weighted by Gasteiger charge is -2.26. The van der Waals surface area contributed by atoms with Gasteiger partial charge in [0.1, 0.15) is 18.2 Å². The van der Waals surface area contributed by atoms with Crippen LogP contribution in [-0.4, -0.2) is 12.2 Å². The van der Waals surface area contributed by atoms with E-state index in [0.29, 0.717) is 16.9 Å². The van der Waals surface area contributed by atoms with Gasteiger partial charge in [-0.15, -0.1) is 0 Å². The van der Waals surface area contributed by atoms with Crippen molar-refractivity contribution in [1.29, 1.82) is 0 Å². The standard InChI is InChI=1S/C17H21F3N4O/c1-10(21)24-13-3-2-4-14(15(13)16(22)23)25-9-11-5-7-12(8-6-11)17(18,19)20/h2-8,10,13,24H,9,21-23H2,1H3/t10?,13-/m0/s1. The van der Waals surface area contributed by atoms with Crippen molar-refractivity contribution >= 4 is 0 Å². The van der Waals surface area contributed by atoms with E-state index in [1.165, 1.54) is 12.1 Å². The van der Waals surface area contributed by atoms with Crippen molar-refractivity contribution in [1.82, 2.24) is 5.32 Å². The molecule has 0 spiro atoms. The average molecular weight is 354 g/mol. The number of benzene rings is 1. The highest BCUT2D eigenvalue weighted by Gasteiger charge is 2.30. The number of nitrogens with one attached hydrogen (secondary N) is 1. The van der Waals surface area contributed by atoms with Gasteiger partial charge in [-0.05, 0) is 30.7 Å². The number of alkyl halides is 3. The molecule has 136 valence electrons. The lowest BCUT2D eigenvalue weighted by molar-refractivity contribution is -0.137. The van der Waals surface area contributed by atoms with E-state index < -0.39 is 11.7 Å². The largest absolute Gasteiger partial charge is 0.488 e. The van der Waals surface area contributed by atoms with Gasteiger partial charge in [0.15, 0.2) is 0 Å². The number of allylic oxidation sites excluding steroid dienone is 2. The smallest absolute Gasteiger partial charge is 0.416 e. The Morgan fingerprint density at radius 3 is 2.40 bits per heavy atom. The Hall–Kier alpha value is -2.45. The first-order valence-electron chi connectivity index (χ1n) is 7.63. The first-order chi connectivity index (χ1) is 11.7. The van der Waals surface area contributed by atoms with Crippen LogP contribution in [0.5, 0.6) is 0 Å². The van der Waals surface area contributed by atoms with Crippen molar-refractivity contribution in [3.63, 3.8) is 0 Å². The third-order valence-electron chi connectivity index (χ3n) is 3.56. The molecule has 0 aromatic heterocycles. The van der Waals surface area contributed by atoms with Crippen molar-refractivity contribution in [2.45, 2.75) is 31.9 Å². The van der Waals surface area contributed by atoms with Gasteiger partial charge in [-0.3, -0.25) is 5.32 Å². The van der Waals surface area contributed by atoms with Gasteiger partial charge in [-0.1, -0.05) is 24.3 Å². The predicted molar refractivity (Wildman–Crippen MR) is 89.4 cm³/mol. The molecule has 7 N–H and O–H groups in total. The molecule has 1 aliphatic rings. The van der Waals surface area contributed by atoms with Crippen LogP contribution < -0.4 is 22.5 Å². The van der Waals surface area contributed by atoms with Crippen molar-refractivity contribution in [3.05, 3.63) is 70.8 Å². The molecule has 1 aliphatic carbocycles. The minimum atomic E-state index is -4.36. The molecular weight excluding hydrogens is 333 g/mol. The molecule has 0 saturated carbocycles. The molecule has 0 saturated heterocycles. The molecule has 0 fully saturated rings. The molecule has 2 rings (SSSR count). The second kappa shape index (κ2) is 7.62. The highest BCUT2D eigenvalue weighted by atomic mass is 19.4. The number of rotatable bonds is 5. The first-order valence-corrected chi connectivity index (χ1v) is 7.63. The topological polar surface area (TPSA) is 99.3 Å². The van der Waals surface area contributed by atoms with Crippen LogP contribution in [0.1, 0.15) is 18.1 Å². The van der Waals surface area contributed by atoms with Gasteiger partial charge in [0.2, 0.25) is 0 Å². The van der Waals surface area contributed by atoms with Crippen molar-refractivity contribution in [2.75, 3.05) is 0 Å². The molecule has 8 heteroatoms. The maximum atomic E-state index is 12.6. The number of ether oxygens (including phenoxy) is 1. The van der Waals surface area contributed by atoms with Gasteiger partial charge >= 0.3 is 6.18 Å². The first kappa shape index (κ1) is 18.9. The molecule has 25 heavy (non-hydrogen) atoms. The molecule has 1 aromatic carbocycles. The van der Waals surface area contributed by atoms with Crippen LogP contribution in [0.25, 0.3) is 0 Å². The number of hydrogen-bond acceptors (Lipinski definition) is 5. The van der Waals surface area contributed by atoms with E-state index in [1.54, 1.807) is 19.1 Å². The Bertz CT molecular complexity index is 687. The van der Waals surface area contributed by atoms with E-state index in [-0.39, 0.29) is 24.6 Å². The third kappa shape index (κ3) is 5.01. The van der Waals surface area contributed by atoms with Gasteiger partial charge in [0.05, 0.1) is 23.3 Å². The van der Waals surface area contributed by atoms with Crippen molar-refractivity contribution in [2.24, 2.45) is 17.2 Å². The number of nitrogens with two attached hydrogens (primary N) is 3. The van der Waals surface area contributed by atoms with Crippen LogP contribution in [0.4, 0.5) is 13.2 Å². The van der Waals surface area contributed by atoms with E-state index in [2.05, 4.69) is 5.32 Å². The van der Waals surface area contributed by atoms with Crippen molar-refractivity contribution < 1.29 is 17.9 Å². The Morgan fingerprint density at radius 1 is 1.24 bits per heavy atom. The quantitative estimate of drug-likeness (QED) is 0.607. The lowest BCUT2D eigenvalue weighted by Crippen LogP contribution is -2.44. The molecule has 0 heterocycles. The minimum absolute atomic E-state index is 0.0828. The molecular formula is C17H21F3N4O. The summed E-state index contributed by atoms with van der Waals surface area (Å²) in [5.41, 5.74) is 17.7. The van der Waals surface area contributed by atoms with Crippen LogP contribution >= 0.6 is 0 Å². The van der Waals surface area contributed by atoms with E-state index in [0.717, 1.165) is 12.1 Å². The molecule has 2 atom stereocenters. The Balaban J connectivity index is 2.10. The summed E-state index contributed by atoms with van der Waals surface area (Å²) in [6.45, 7) is 1.86. The van der Waals surface area contributed by atoms with E-state index in [4.69, 9.17) is 21.9 Å². The van der Waals surface area contributed by atoms with Crippen LogP contribution in [0.2, 0.25) is 0 Å². The average Bonchev–Trinajstić information content (AvgIpc) is 2.51. The lowest BCUT2D eigenvalue weighted by atomic mass is 9.99. The van der Waals surface area contributed by atoms with Gasteiger partial charge in [0, 0.05) is 0 Å². The Morgan fingerprint density at radius 2 is 1.88 bits per heavy atom. The maximum Gasteiger partial charge on any atom is 0.416 e. The number of halogens is 3. The fourth-order valence-corrected chi connectivity index (χ4v) is 2.41. The van der Waals surface area contributed by atoms with E-state index in [9.17, 15) is 13.2 Å². The van der Waals surface area contributed by atoms with Crippen LogP contribution in [0.3, 0.4) is 0 Å². The van der Waals surface area contributed by atoms with Gasteiger partial charge < -0.3 is 21.9 Å². The Kier molecular flexibility index (Phi) is 5.76. The zero-order valence-electron chi connectivity index (χ0n) is 13.7. The van der Waals surface area contributed by atoms with Crippen LogP contribution in [-0.2, 0) is 17.5 Å². The summed E-state index contributed by atoms with van der Waals surface area (Å²) in [4.78, 5) is 0. The summed E-state index contributed by atoms with van der Waals surface area (Å²) in [5, 5.41) is 3.09. The molecule has 0 bridgehead atoms. The highest BCUT2D eigenvalue weighted by molar-refractivity contribution is 5.43. The second-order valence-electron chi connectivity index (χ2n) is 5.70. The van der Waals surface area contributed by atoms with Crippen LogP contribution in [0.15, 0.2) is 59.6 Å². The van der Waals surface area contributed by atoms with E-state index in [1.807, 2.05) is 6.08 Å². The molecule has 1 aromatic rings. The summed E-state index contributed by atoms with van der Waals surface area (Å²) < 4.78 is 43.5. The maximum absolute atomic E-state index is 12.6. The fourth-order valence-electron chi connectivity index (χ4n) is 2.41. The minimum Gasteiger partial charge on any atom is -0.488 e. The van der Waals surface area contributed by atoms with Gasteiger partial charge in [-0.25, -0.2) is 0 Å². The van der Waals surface area contributed by atoms with Gasteiger partial charge in [0.25, 0.3) is 0 Å². The third-order valence-corrected chi connectivity index (χ3v) is 3.56. The summed E-state index contributed by atoms with van der Waals surface area (Å²) in [6, 6.07) is 4.46. The number of hydrogen-bond donors (Lipinski definition) is 4. The zero-order valence-corrected chi connectivity index (χ0v) is 13.7. The van der Waals surface area contributed by atoms with Crippen molar-refractivity contribution in [3.8, 4) is 0 Å². The van der Waals surface area contributed by atoms with Crippen LogP contribution in [0, 0.1) is 0 Å². The van der Waals surface area contributed by atoms with Gasteiger partial charge in [-0.2, -0.15) is 13.2 Å². The van der Waals surface area contributed by atoms with E-state index >= 15 is 0 Å². The summed E-state index contributed by atoms with van der Waals surface area (Å²) in [7, 11) is 0. The predicted octanol–water partition coefficient (Wildman–Crippen LogP) is 2.07.